The maximum atomic E-state index is 11.4. The Balaban J connectivity index is 2.56. The van der Waals surface area contributed by atoms with Crippen LogP contribution in [0.4, 0.5) is 0 Å². The number of carbonyl (C=O) groups excluding carboxylic acids is 1. The van der Waals surface area contributed by atoms with Gasteiger partial charge < -0.3 is 10.1 Å². The first-order valence-electron chi connectivity index (χ1n) is 5.26. The van der Waals surface area contributed by atoms with E-state index < -0.39 is 0 Å². The van der Waals surface area contributed by atoms with Gasteiger partial charge in [0.05, 0.1) is 13.0 Å². The maximum Gasteiger partial charge on any atom is 0.308 e. The minimum atomic E-state index is -0.0549. The van der Waals surface area contributed by atoms with E-state index in [1.165, 1.54) is 7.11 Å². The van der Waals surface area contributed by atoms with Gasteiger partial charge in [0.15, 0.2) is 0 Å². The Morgan fingerprint density at radius 1 is 1.43 bits per heavy atom. The van der Waals surface area contributed by atoms with Crippen LogP contribution in [0.2, 0.25) is 0 Å². The standard InChI is InChI=1S/C11H21NO2/c1-11(2,3)9-7-8(5-6-12-9)10(13)14-4/h8-9,12H,5-7H2,1-4H3. The first-order chi connectivity index (χ1) is 6.45. The second-order valence-electron chi connectivity index (χ2n) is 5.12. The summed E-state index contributed by atoms with van der Waals surface area (Å²) < 4.78 is 4.78. The molecular formula is C11H21NO2. The number of piperidine rings is 1. The van der Waals surface area contributed by atoms with Crippen LogP contribution in [-0.4, -0.2) is 25.7 Å². The molecule has 82 valence electrons. The SMILES string of the molecule is COC(=O)C1CCNC(C(C)(C)C)C1. The smallest absolute Gasteiger partial charge is 0.308 e. The van der Waals surface area contributed by atoms with Gasteiger partial charge in [-0.15, -0.1) is 0 Å². The third kappa shape index (κ3) is 2.71. The van der Waals surface area contributed by atoms with Crippen LogP contribution in [0.5, 0.6) is 0 Å². The van der Waals surface area contributed by atoms with Gasteiger partial charge in [-0.05, 0) is 24.8 Å². The molecule has 1 rings (SSSR count). The quantitative estimate of drug-likeness (QED) is 0.651. The topological polar surface area (TPSA) is 38.3 Å². The molecule has 1 heterocycles. The first-order valence-corrected chi connectivity index (χ1v) is 5.26. The lowest BCUT2D eigenvalue weighted by molar-refractivity contribution is -0.147. The minimum absolute atomic E-state index is 0.0549. The Hall–Kier alpha value is -0.570. The summed E-state index contributed by atoms with van der Waals surface area (Å²) in [7, 11) is 1.47. The summed E-state index contributed by atoms with van der Waals surface area (Å²) in [5.74, 6) is 0.0335. The van der Waals surface area contributed by atoms with E-state index in [4.69, 9.17) is 4.74 Å². The summed E-state index contributed by atoms with van der Waals surface area (Å²) in [4.78, 5) is 11.4. The van der Waals surface area contributed by atoms with Gasteiger partial charge in [-0.2, -0.15) is 0 Å². The number of hydrogen-bond acceptors (Lipinski definition) is 3. The minimum Gasteiger partial charge on any atom is -0.469 e. The second-order valence-corrected chi connectivity index (χ2v) is 5.12. The number of rotatable bonds is 1. The lowest BCUT2D eigenvalue weighted by Crippen LogP contribution is -2.47. The van der Waals surface area contributed by atoms with Crippen LogP contribution in [-0.2, 0) is 9.53 Å². The van der Waals surface area contributed by atoms with Crippen molar-refractivity contribution in [3.63, 3.8) is 0 Å². The lowest BCUT2D eigenvalue weighted by Gasteiger charge is -2.37. The molecule has 2 unspecified atom stereocenters. The van der Waals surface area contributed by atoms with Crippen LogP contribution in [0.15, 0.2) is 0 Å². The van der Waals surface area contributed by atoms with E-state index in [9.17, 15) is 4.79 Å². The van der Waals surface area contributed by atoms with Crippen LogP contribution in [0.3, 0.4) is 0 Å². The summed E-state index contributed by atoms with van der Waals surface area (Å²) in [5.41, 5.74) is 0.215. The zero-order chi connectivity index (χ0) is 10.8. The van der Waals surface area contributed by atoms with Crippen LogP contribution in [0, 0.1) is 11.3 Å². The molecule has 1 aliphatic heterocycles. The lowest BCUT2D eigenvalue weighted by atomic mass is 9.78. The third-order valence-electron chi connectivity index (χ3n) is 2.98. The summed E-state index contributed by atoms with van der Waals surface area (Å²) in [6, 6.07) is 0.417. The molecule has 2 atom stereocenters. The number of hydrogen-bond donors (Lipinski definition) is 1. The van der Waals surface area contributed by atoms with E-state index in [2.05, 4.69) is 26.1 Å². The van der Waals surface area contributed by atoms with Crippen molar-refractivity contribution >= 4 is 5.97 Å². The van der Waals surface area contributed by atoms with Crippen molar-refractivity contribution in [2.75, 3.05) is 13.7 Å². The highest BCUT2D eigenvalue weighted by atomic mass is 16.5. The molecule has 3 heteroatoms. The highest BCUT2D eigenvalue weighted by Crippen LogP contribution is 2.29. The van der Waals surface area contributed by atoms with Gasteiger partial charge in [0, 0.05) is 6.04 Å². The average molecular weight is 199 g/mol. The van der Waals surface area contributed by atoms with Gasteiger partial charge in [0.1, 0.15) is 0 Å². The molecular weight excluding hydrogens is 178 g/mol. The zero-order valence-electron chi connectivity index (χ0n) is 9.59. The Kier molecular flexibility index (Phi) is 3.53. The van der Waals surface area contributed by atoms with Crippen LogP contribution in [0.25, 0.3) is 0 Å². The van der Waals surface area contributed by atoms with Gasteiger partial charge in [-0.3, -0.25) is 4.79 Å². The van der Waals surface area contributed by atoms with E-state index in [0.29, 0.717) is 6.04 Å². The van der Waals surface area contributed by atoms with Crippen molar-refractivity contribution < 1.29 is 9.53 Å². The maximum absolute atomic E-state index is 11.4. The monoisotopic (exact) mass is 199 g/mol. The van der Waals surface area contributed by atoms with E-state index in [1.807, 2.05) is 0 Å². The van der Waals surface area contributed by atoms with E-state index in [1.54, 1.807) is 0 Å². The Morgan fingerprint density at radius 2 is 2.07 bits per heavy atom. The molecule has 0 aliphatic carbocycles. The number of nitrogens with one attached hydrogen (secondary N) is 1. The fourth-order valence-corrected chi connectivity index (χ4v) is 1.96. The molecule has 1 saturated heterocycles. The number of methoxy groups -OCH3 is 1. The predicted octanol–water partition coefficient (Wildman–Crippen LogP) is 1.57. The van der Waals surface area contributed by atoms with Crippen molar-refractivity contribution in [3.05, 3.63) is 0 Å². The number of ether oxygens (including phenoxy) is 1. The largest absolute Gasteiger partial charge is 0.469 e. The normalized spacial score (nSPS) is 28.6. The molecule has 14 heavy (non-hydrogen) atoms. The molecule has 0 spiro atoms. The second kappa shape index (κ2) is 4.30. The Bertz CT molecular complexity index is 208. The molecule has 0 amide bonds. The highest BCUT2D eigenvalue weighted by Gasteiger charge is 2.33. The highest BCUT2D eigenvalue weighted by molar-refractivity contribution is 5.72. The summed E-state index contributed by atoms with van der Waals surface area (Å²) >= 11 is 0. The molecule has 1 fully saturated rings. The molecule has 1 aliphatic rings. The molecule has 0 bridgehead atoms. The van der Waals surface area contributed by atoms with Gasteiger partial charge in [-0.25, -0.2) is 0 Å². The molecule has 0 aromatic rings. The third-order valence-corrected chi connectivity index (χ3v) is 2.98. The van der Waals surface area contributed by atoms with E-state index in [0.717, 1.165) is 19.4 Å². The number of esters is 1. The summed E-state index contributed by atoms with van der Waals surface area (Å²) in [6.45, 7) is 7.51. The predicted molar refractivity (Wildman–Crippen MR) is 56.0 cm³/mol. The van der Waals surface area contributed by atoms with Crippen LogP contribution >= 0.6 is 0 Å². The van der Waals surface area contributed by atoms with E-state index in [-0.39, 0.29) is 17.3 Å². The van der Waals surface area contributed by atoms with Crippen molar-refractivity contribution in [3.8, 4) is 0 Å². The van der Waals surface area contributed by atoms with Gasteiger partial charge in [0.2, 0.25) is 0 Å². The fraction of sp³-hybridized carbons (Fsp3) is 0.909. The van der Waals surface area contributed by atoms with Crippen LogP contribution in [0.1, 0.15) is 33.6 Å². The number of carbonyl (C=O) groups is 1. The van der Waals surface area contributed by atoms with Gasteiger partial charge in [-0.1, -0.05) is 20.8 Å². The van der Waals surface area contributed by atoms with Gasteiger partial charge >= 0.3 is 5.97 Å². The summed E-state index contributed by atoms with van der Waals surface area (Å²) in [6.07, 6.45) is 1.80. The van der Waals surface area contributed by atoms with Crippen molar-refractivity contribution in [1.29, 1.82) is 0 Å². The first kappa shape index (κ1) is 11.5. The zero-order valence-corrected chi connectivity index (χ0v) is 9.59. The molecule has 0 saturated carbocycles. The van der Waals surface area contributed by atoms with Crippen molar-refractivity contribution in [1.82, 2.24) is 5.32 Å². The summed E-state index contributed by atoms with van der Waals surface area (Å²) in [5, 5.41) is 3.46. The van der Waals surface area contributed by atoms with Crippen molar-refractivity contribution in [2.24, 2.45) is 11.3 Å². The Morgan fingerprint density at radius 3 is 2.57 bits per heavy atom. The van der Waals surface area contributed by atoms with Crippen LogP contribution < -0.4 is 5.32 Å². The Labute approximate surface area is 86.2 Å². The molecule has 0 radical (unpaired) electrons. The van der Waals surface area contributed by atoms with Crippen molar-refractivity contribution in [2.45, 2.75) is 39.7 Å². The fourth-order valence-electron chi connectivity index (χ4n) is 1.96. The molecule has 1 N–H and O–H groups in total. The molecule has 0 aromatic heterocycles. The average Bonchev–Trinajstić information content (AvgIpc) is 2.15. The molecule has 0 aromatic carbocycles. The van der Waals surface area contributed by atoms with E-state index >= 15 is 0 Å². The van der Waals surface area contributed by atoms with Gasteiger partial charge in [0.25, 0.3) is 0 Å². The molecule has 3 nitrogen and oxygen atoms in total.